The van der Waals surface area contributed by atoms with Crippen LogP contribution in [-0.4, -0.2) is 14.0 Å². The van der Waals surface area contributed by atoms with Crippen molar-refractivity contribution in [3.8, 4) is 16.8 Å². The Labute approximate surface area is 207 Å². The van der Waals surface area contributed by atoms with Crippen molar-refractivity contribution >= 4 is 49.4 Å². The van der Waals surface area contributed by atoms with Crippen molar-refractivity contribution in [2.75, 3.05) is 0 Å². The number of rotatable bonds is 2. The molecule has 0 fully saturated rings. The predicted molar refractivity (Wildman–Crippen MR) is 150 cm³/mol. The van der Waals surface area contributed by atoms with Gasteiger partial charge in [-0.25, -0.2) is 4.98 Å². The molecule has 8 rings (SSSR count). The summed E-state index contributed by atoms with van der Waals surface area (Å²) in [7, 11) is 0. The van der Waals surface area contributed by atoms with Crippen molar-refractivity contribution < 1.29 is 0 Å². The van der Waals surface area contributed by atoms with Crippen molar-refractivity contribution in [2.24, 2.45) is 0 Å². The number of benzene rings is 6. The molecular weight excluding hydrogens is 438 g/mol. The van der Waals surface area contributed by atoms with E-state index in [1.807, 2.05) is 0 Å². The number of imidazole rings is 2. The molecule has 0 saturated carbocycles. The Kier molecular flexibility index (Phi) is 3.94. The third-order valence-corrected chi connectivity index (χ3v) is 7.28. The van der Waals surface area contributed by atoms with Gasteiger partial charge in [0.25, 0.3) is 0 Å². The smallest absolute Gasteiger partial charge is 0.220 e. The molecule has 3 nitrogen and oxygen atoms in total. The molecule has 0 atom stereocenters. The highest BCUT2D eigenvalue weighted by Crippen LogP contribution is 2.40. The number of hydrogen-bond donors (Lipinski definition) is 0. The Morgan fingerprint density at radius 1 is 0.472 bits per heavy atom. The maximum Gasteiger partial charge on any atom is 0.220 e. The van der Waals surface area contributed by atoms with Gasteiger partial charge in [-0.2, -0.15) is 0 Å². The molecule has 0 spiro atoms. The lowest BCUT2D eigenvalue weighted by atomic mass is 9.99. The van der Waals surface area contributed by atoms with E-state index in [-0.39, 0.29) is 0 Å². The summed E-state index contributed by atoms with van der Waals surface area (Å²) in [5, 5.41) is 4.98. The van der Waals surface area contributed by atoms with Crippen LogP contribution in [-0.2, 0) is 0 Å². The molecule has 0 aliphatic heterocycles. The van der Waals surface area contributed by atoms with E-state index in [4.69, 9.17) is 4.98 Å². The summed E-state index contributed by atoms with van der Waals surface area (Å²) >= 11 is 0. The first-order valence-electron chi connectivity index (χ1n) is 12.3. The summed E-state index contributed by atoms with van der Waals surface area (Å²) in [6.07, 6.45) is 0. The molecule has 0 aliphatic rings. The third kappa shape index (κ3) is 2.60. The molecule has 168 valence electrons. The lowest BCUT2D eigenvalue weighted by Crippen LogP contribution is -1.96. The van der Waals surface area contributed by atoms with Crippen LogP contribution in [0.3, 0.4) is 0 Å². The summed E-state index contributed by atoms with van der Waals surface area (Å²) in [6, 6.07) is 45.2. The van der Waals surface area contributed by atoms with Crippen LogP contribution in [0.5, 0.6) is 0 Å². The van der Waals surface area contributed by atoms with Crippen LogP contribution in [0, 0.1) is 0 Å². The quantitative estimate of drug-likeness (QED) is 0.238. The van der Waals surface area contributed by atoms with Crippen LogP contribution in [0.15, 0.2) is 127 Å². The zero-order chi connectivity index (χ0) is 23.6. The summed E-state index contributed by atoms with van der Waals surface area (Å²) in [5.41, 5.74) is 7.99. The first kappa shape index (κ1) is 19.4. The van der Waals surface area contributed by atoms with E-state index in [9.17, 15) is 0 Å². The van der Waals surface area contributed by atoms with Gasteiger partial charge in [-0.05, 0) is 46.2 Å². The van der Waals surface area contributed by atoms with Crippen LogP contribution in [0.1, 0.15) is 0 Å². The maximum atomic E-state index is 5.17. The molecule has 6 aromatic carbocycles. The molecule has 0 radical (unpaired) electrons. The normalized spacial score (nSPS) is 11.9. The van der Waals surface area contributed by atoms with Gasteiger partial charge in [-0.1, -0.05) is 103 Å². The minimum absolute atomic E-state index is 0.929. The maximum absolute atomic E-state index is 5.17. The number of hydrogen-bond acceptors (Lipinski definition) is 1. The van der Waals surface area contributed by atoms with Crippen LogP contribution in [0.4, 0.5) is 0 Å². The molecule has 2 heterocycles. The van der Waals surface area contributed by atoms with E-state index >= 15 is 0 Å². The zero-order valence-electron chi connectivity index (χ0n) is 19.5. The largest absolute Gasteiger partial charge is 0.277 e. The van der Waals surface area contributed by atoms with E-state index < -0.39 is 0 Å². The predicted octanol–water partition coefficient (Wildman–Crippen LogP) is 8.40. The Morgan fingerprint density at radius 2 is 1.08 bits per heavy atom. The van der Waals surface area contributed by atoms with E-state index in [1.165, 1.54) is 43.7 Å². The minimum atomic E-state index is 0.929. The fourth-order valence-corrected chi connectivity index (χ4v) is 5.74. The monoisotopic (exact) mass is 459 g/mol. The molecule has 0 N–H and O–H groups in total. The highest BCUT2D eigenvalue weighted by atomic mass is 15.2. The van der Waals surface area contributed by atoms with Gasteiger partial charge in [0, 0.05) is 16.5 Å². The molecule has 3 heteroatoms. The molecule has 8 aromatic rings. The Balaban J connectivity index is 1.62. The zero-order valence-corrected chi connectivity index (χ0v) is 19.5. The highest BCUT2D eigenvalue weighted by Gasteiger charge is 2.22. The molecule has 0 bridgehead atoms. The lowest BCUT2D eigenvalue weighted by molar-refractivity contribution is 1.11. The van der Waals surface area contributed by atoms with Gasteiger partial charge in [0.05, 0.1) is 22.1 Å². The molecule has 0 unspecified atom stereocenters. The molecule has 36 heavy (non-hydrogen) atoms. The van der Waals surface area contributed by atoms with Crippen LogP contribution in [0.2, 0.25) is 0 Å². The lowest BCUT2D eigenvalue weighted by Gasteiger charge is -2.12. The first-order valence-corrected chi connectivity index (χ1v) is 12.3. The van der Waals surface area contributed by atoms with Crippen LogP contribution < -0.4 is 0 Å². The average molecular weight is 460 g/mol. The van der Waals surface area contributed by atoms with E-state index in [0.717, 1.165) is 22.5 Å². The summed E-state index contributed by atoms with van der Waals surface area (Å²) in [4.78, 5) is 5.17. The van der Waals surface area contributed by atoms with Crippen LogP contribution in [0.25, 0.3) is 66.2 Å². The SMILES string of the molecule is c1ccc(-c2cccc(-n3c4c5ccccc5c5ccccc5c4n4c5ccccc5nc34)c2)cc1. The molecule has 0 saturated heterocycles. The minimum Gasteiger partial charge on any atom is -0.277 e. The second-order valence-corrected chi connectivity index (χ2v) is 9.28. The number of nitrogens with zero attached hydrogens (tertiary/aromatic N) is 3. The summed E-state index contributed by atoms with van der Waals surface area (Å²) < 4.78 is 4.69. The van der Waals surface area contributed by atoms with Gasteiger partial charge < -0.3 is 0 Å². The second-order valence-electron chi connectivity index (χ2n) is 9.28. The van der Waals surface area contributed by atoms with Gasteiger partial charge in [0.1, 0.15) is 0 Å². The van der Waals surface area contributed by atoms with Crippen molar-refractivity contribution in [2.45, 2.75) is 0 Å². The van der Waals surface area contributed by atoms with Crippen molar-refractivity contribution in [1.82, 2.24) is 14.0 Å². The van der Waals surface area contributed by atoms with Crippen molar-refractivity contribution in [3.05, 3.63) is 127 Å². The second kappa shape index (κ2) is 7.30. The number of aromatic nitrogens is 3. The molecule has 0 amide bonds. The average Bonchev–Trinajstić information content (AvgIpc) is 3.49. The molecule has 0 aliphatic carbocycles. The van der Waals surface area contributed by atoms with Gasteiger partial charge in [0.15, 0.2) is 0 Å². The fraction of sp³-hybridized carbons (Fsp3) is 0. The van der Waals surface area contributed by atoms with E-state index in [1.54, 1.807) is 0 Å². The summed E-state index contributed by atoms with van der Waals surface area (Å²) in [6.45, 7) is 0. The van der Waals surface area contributed by atoms with E-state index in [2.05, 4.69) is 136 Å². The third-order valence-electron chi connectivity index (χ3n) is 7.28. The van der Waals surface area contributed by atoms with Gasteiger partial charge >= 0.3 is 0 Å². The van der Waals surface area contributed by atoms with Gasteiger partial charge in [-0.15, -0.1) is 0 Å². The van der Waals surface area contributed by atoms with Crippen LogP contribution >= 0.6 is 0 Å². The van der Waals surface area contributed by atoms with Crippen molar-refractivity contribution in [3.63, 3.8) is 0 Å². The Morgan fingerprint density at radius 3 is 1.86 bits per heavy atom. The standard InChI is InChI=1S/C33H21N3/c1-2-11-22(12-3-1)23-13-10-14-24(21-23)35-31-27-17-6-4-15-25(27)26-16-5-7-18-28(26)32(31)36-30-20-9-8-19-29(30)34-33(35)36/h1-21H. The number of fused-ring (bicyclic) bond motifs is 10. The molecular formula is C33H21N3. The topological polar surface area (TPSA) is 22.2 Å². The van der Waals surface area contributed by atoms with Crippen molar-refractivity contribution in [1.29, 1.82) is 0 Å². The highest BCUT2D eigenvalue weighted by molar-refractivity contribution is 6.25. The molecule has 2 aromatic heterocycles. The fourth-order valence-electron chi connectivity index (χ4n) is 5.74. The van der Waals surface area contributed by atoms with Gasteiger partial charge in [0.2, 0.25) is 5.78 Å². The Bertz CT molecular complexity index is 2100. The number of para-hydroxylation sites is 2. The van der Waals surface area contributed by atoms with E-state index in [0.29, 0.717) is 0 Å². The van der Waals surface area contributed by atoms with Gasteiger partial charge in [-0.3, -0.25) is 8.97 Å². The summed E-state index contributed by atoms with van der Waals surface area (Å²) in [5.74, 6) is 0.929. The Hall–Kier alpha value is -4.89. The first-order chi connectivity index (χ1) is 17.9.